The van der Waals surface area contributed by atoms with Crippen LogP contribution in [-0.4, -0.2) is 70.0 Å². The van der Waals surface area contributed by atoms with Crippen LogP contribution in [0.3, 0.4) is 0 Å². The molecule has 1 unspecified atom stereocenters. The Kier molecular flexibility index (Phi) is 31.5. The fourth-order valence-corrected chi connectivity index (χ4v) is 5.55. The van der Waals surface area contributed by atoms with Crippen molar-refractivity contribution in [2.24, 2.45) is 0 Å². The maximum absolute atomic E-state index is 12.6. The summed E-state index contributed by atoms with van der Waals surface area (Å²) in [6, 6.07) is 0. The van der Waals surface area contributed by atoms with Crippen molar-refractivity contribution in [2.45, 2.75) is 148 Å². The van der Waals surface area contributed by atoms with Gasteiger partial charge in [0.2, 0.25) is 0 Å². The van der Waals surface area contributed by atoms with Gasteiger partial charge >= 0.3 is 11.9 Å². The average Bonchev–Trinajstić information content (AvgIpc) is 3.06. The lowest BCUT2D eigenvalue weighted by Crippen LogP contribution is -2.37. The highest BCUT2D eigenvalue weighted by atomic mass is 31.2. The first kappa shape index (κ1) is 48.0. The summed E-state index contributed by atoms with van der Waals surface area (Å²) in [7, 11) is 1.13. The third-order valence-corrected chi connectivity index (χ3v) is 8.83. The van der Waals surface area contributed by atoms with Crippen LogP contribution in [-0.2, 0) is 32.7 Å². The molecule has 50 heavy (non-hydrogen) atoms. The van der Waals surface area contributed by atoms with E-state index in [9.17, 15) is 19.0 Å². The van der Waals surface area contributed by atoms with Crippen LogP contribution < -0.4 is 4.89 Å². The zero-order chi connectivity index (χ0) is 37.2. The number of hydrogen-bond acceptors (Lipinski definition) is 8. The Bertz CT molecular complexity index is 1000. The Hall–Kier alpha value is -2.03. The number of quaternary nitrogens is 1. The third-order valence-electron chi connectivity index (χ3n) is 7.86. The Morgan fingerprint density at radius 1 is 0.640 bits per heavy atom. The Labute approximate surface area is 305 Å². The van der Waals surface area contributed by atoms with E-state index in [0.717, 1.165) is 57.8 Å². The molecular formula is C40H72NO8P. The first-order valence-electron chi connectivity index (χ1n) is 19.3. The summed E-state index contributed by atoms with van der Waals surface area (Å²) >= 11 is 0. The van der Waals surface area contributed by atoms with E-state index < -0.39 is 32.5 Å². The molecule has 0 saturated carbocycles. The number of phosphoric ester groups is 1. The molecule has 0 heterocycles. The van der Waals surface area contributed by atoms with Crippen molar-refractivity contribution in [2.75, 3.05) is 47.5 Å². The zero-order valence-electron chi connectivity index (χ0n) is 32.3. The van der Waals surface area contributed by atoms with Crippen molar-refractivity contribution in [3.8, 4) is 0 Å². The van der Waals surface area contributed by atoms with Gasteiger partial charge in [0, 0.05) is 12.8 Å². The molecule has 10 heteroatoms. The van der Waals surface area contributed by atoms with Crippen molar-refractivity contribution < 1.29 is 42.1 Å². The summed E-state index contributed by atoms with van der Waals surface area (Å²) in [5.74, 6) is -0.888. The van der Waals surface area contributed by atoms with Crippen molar-refractivity contribution in [3.05, 3.63) is 48.6 Å². The minimum atomic E-state index is -4.63. The second-order valence-electron chi connectivity index (χ2n) is 13.9. The SMILES string of the molecule is CC/C=C/C/C=C/C/C=C/C/C=C/CCCCC(=O)O[C@H](COC(=O)CCCCCCCCCCCCC)COP(=O)([O-])OCC[N+](C)(C)C. The lowest BCUT2D eigenvalue weighted by atomic mass is 10.1. The quantitative estimate of drug-likeness (QED) is 0.0212. The Morgan fingerprint density at radius 3 is 1.70 bits per heavy atom. The zero-order valence-corrected chi connectivity index (χ0v) is 33.2. The van der Waals surface area contributed by atoms with Gasteiger partial charge in [-0.25, -0.2) is 0 Å². The molecule has 9 nitrogen and oxygen atoms in total. The largest absolute Gasteiger partial charge is 0.756 e. The number of nitrogens with zero attached hydrogens (tertiary/aromatic N) is 1. The van der Waals surface area contributed by atoms with E-state index in [1.165, 1.54) is 51.4 Å². The molecule has 0 aliphatic heterocycles. The Morgan fingerprint density at radius 2 is 1.14 bits per heavy atom. The summed E-state index contributed by atoms with van der Waals surface area (Å²) in [6.45, 7) is 4.03. The number of hydrogen-bond donors (Lipinski definition) is 0. The molecule has 0 aliphatic carbocycles. The number of esters is 2. The molecule has 2 atom stereocenters. The minimum Gasteiger partial charge on any atom is -0.756 e. The van der Waals surface area contributed by atoms with Gasteiger partial charge < -0.3 is 27.9 Å². The fourth-order valence-electron chi connectivity index (χ4n) is 4.82. The highest BCUT2D eigenvalue weighted by molar-refractivity contribution is 7.45. The van der Waals surface area contributed by atoms with Crippen molar-refractivity contribution in [1.29, 1.82) is 0 Å². The normalized spacial score (nSPS) is 14.3. The van der Waals surface area contributed by atoms with E-state index in [1.54, 1.807) is 0 Å². The first-order valence-corrected chi connectivity index (χ1v) is 20.8. The predicted molar refractivity (Wildman–Crippen MR) is 203 cm³/mol. The number of carbonyl (C=O) groups excluding carboxylic acids is 2. The molecule has 0 saturated heterocycles. The van der Waals surface area contributed by atoms with E-state index in [4.69, 9.17) is 18.5 Å². The lowest BCUT2D eigenvalue weighted by molar-refractivity contribution is -0.870. The molecular weight excluding hydrogens is 653 g/mol. The smallest absolute Gasteiger partial charge is 0.306 e. The van der Waals surface area contributed by atoms with Crippen LogP contribution >= 0.6 is 7.82 Å². The van der Waals surface area contributed by atoms with E-state index >= 15 is 0 Å². The van der Waals surface area contributed by atoms with Gasteiger partial charge in [-0.1, -0.05) is 127 Å². The van der Waals surface area contributed by atoms with Gasteiger partial charge in [-0.2, -0.15) is 0 Å². The number of carbonyl (C=O) groups is 2. The van der Waals surface area contributed by atoms with Crippen molar-refractivity contribution >= 4 is 19.8 Å². The van der Waals surface area contributed by atoms with Crippen molar-refractivity contribution in [3.63, 3.8) is 0 Å². The van der Waals surface area contributed by atoms with Crippen LogP contribution in [0.15, 0.2) is 48.6 Å². The molecule has 0 aromatic carbocycles. The van der Waals surface area contributed by atoms with Crippen LogP contribution in [0.4, 0.5) is 0 Å². The Balaban J connectivity index is 4.52. The minimum absolute atomic E-state index is 0.0397. The molecule has 0 aliphatic rings. The van der Waals surface area contributed by atoms with Gasteiger partial charge in [0.1, 0.15) is 19.8 Å². The molecule has 0 aromatic rings. The highest BCUT2D eigenvalue weighted by Gasteiger charge is 2.21. The van der Waals surface area contributed by atoms with Gasteiger partial charge in [0.15, 0.2) is 6.10 Å². The molecule has 0 radical (unpaired) electrons. The third kappa shape index (κ3) is 35.8. The summed E-state index contributed by atoms with van der Waals surface area (Å²) in [6.07, 6.45) is 35.7. The second kappa shape index (κ2) is 32.8. The predicted octanol–water partition coefficient (Wildman–Crippen LogP) is 9.72. The summed E-state index contributed by atoms with van der Waals surface area (Å²) in [4.78, 5) is 37.3. The van der Waals surface area contributed by atoms with Crippen LogP contribution in [0.1, 0.15) is 142 Å². The van der Waals surface area contributed by atoms with Crippen LogP contribution in [0.5, 0.6) is 0 Å². The number of rotatable bonds is 34. The maximum Gasteiger partial charge on any atom is 0.306 e. The lowest BCUT2D eigenvalue weighted by Gasteiger charge is -2.28. The maximum atomic E-state index is 12.6. The number of phosphoric acid groups is 1. The van der Waals surface area contributed by atoms with Gasteiger partial charge in [-0.05, 0) is 51.4 Å². The van der Waals surface area contributed by atoms with Crippen molar-refractivity contribution in [1.82, 2.24) is 0 Å². The van der Waals surface area contributed by atoms with Gasteiger partial charge in [0.25, 0.3) is 7.82 Å². The van der Waals surface area contributed by atoms with Crippen LogP contribution in [0.25, 0.3) is 0 Å². The first-order chi connectivity index (χ1) is 24.0. The number of unbranched alkanes of at least 4 members (excludes halogenated alkanes) is 12. The average molecular weight is 726 g/mol. The van der Waals surface area contributed by atoms with Gasteiger partial charge in [0.05, 0.1) is 27.7 Å². The molecule has 290 valence electrons. The fraction of sp³-hybridized carbons (Fsp3) is 0.750. The second-order valence-corrected chi connectivity index (χ2v) is 15.3. The number of ether oxygens (including phenoxy) is 2. The molecule has 0 bridgehead atoms. The molecule has 0 rings (SSSR count). The summed E-state index contributed by atoms with van der Waals surface area (Å²) < 4.78 is 33.7. The van der Waals surface area contributed by atoms with Gasteiger partial charge in [-0.15, -0.1) is 0 Å². The number of likely N-dealkylation sites (N-methyl/N-ethyl adjacent to an activating group) is 1. The highest BCUT2D eigenvalue weighted by Crippen LogP contribution is 2.38. The molecule has 0 N–H and O–H groups in total. The van der Waals surface area contributed by atoms with Crippen LogP contribution in [0, 0.1) is 0 Å². The standard InChI is InChI=1S/C40H72NO8P/c1-6-8-10-12-14-16-18-19-20-21-23-25-27-29-31-33-40(43)49-38(37-48-50(44,45)47-35-34-41(3,4)5)36-46-39(42)32-30-28-26-24-22-17-15-13-11-9-7-2/h8,10,14,16,19-20,23,25,38H,6-7,9,11-13,15,17-18,21-22,24,26-37H2,1-5H3/b10-8+,16-14+,20-19+,25-23+/t38-/m1/s1. The molecule has 0 aromatic heterocycles. The summed E-state index contributed by atoms with van der Waals surface area (Å²) in [5.41, 5.74) is 0. The van der Waals surface area contributed by atoms with E-state index in [0.29, 0.717) is 17.4 Å². The molecule has 0 spiro atoms. The number of allylic oxidation sites excluding steroid dienone is 8. The van der Waals surface area contributed by atoms with Gasteiger partial charge in [-0.3, -0.25) is 14.2 Å². The van der Waals surface area contributed by atoms with E-state index in [1.807, 2.05) is 21.1 Å². The van der Waals surface area contributed by atoms with E-state index in [2.05, 4.69) is 62.5 Å². The van der Waals surface area contributed by atoms with Crippen LogP contribution in [0.2, 0.25) is 0 Å². The van der Waals surface area contributed by atoms with E-state index in [-0.39, 0.29) is 26.1 Å². The molecule has 0 amide bonds. The monoisotopic (exact) mass is 725 g/mol. The topological polar surface area (TPSA) is 111 Å². The molecule has 0 fully saturated rings. The summed E-state index contributed by atoms with van der Waals surface area (Å²) in [5, 5.41) is 0.